The van der Waals surface area contributed by atoms with Gasteiger partial charge in [0.2, 0.25) is 11.9 Å². The molecule has 8 heteroatoms. The Balaban J connectivity index is 1.92. The average molecular weight is 289 g/mol. The van der Waals surface area contributed by atoms with Crippen LogP contribution >= 0.6 is 0 Å². The molecule has 21 heavy (non-hydrogen) atoms. The predicted octanol–water partition coefficient (Wildman–Crippen LogP) is 0.645. The van der Waals surface area contributed by atoms with Crippen LogP contribution in [0.4, 0.5) is 11.9 Å². The largest absolute Gasteiger partial charge is 0.377 e. The maximum Gasteiger partial charge on any atom is 0.257 e. The molecule has 1 fully saturated rings. The third-order valence-corrected chi connectivity index (χ3v) is 3.77. The van der Waals surface area contributed by atoms with Crippen LogP contribution in [-0.2, 0) is 4.74 Å². The van der Waals surface area contributed by atoms with Crippen molar-refractivity contribution in [2.45, 2.75) is 25.4 Å². The number of hydrogen-bond donors (Lipinski definition) is 1. The van der Waals surface area contributed by atoms with Crippen LogP contribution in [0.5, 0.6) is 0 Å². The van der Waals surface area contributed by atoms with Gasteiger partial charge in [-0.1, -0.05) is 0 Å². The molecule has 0 amide bonds. The van der Waals surface area contributed by atoms with Gasteiger partial charge in [-0.15, -0.1) is 0 Å². The molecule has 1 aliphatic rings. The Bertz CT molecular complexity index is 615. The summed E-state index contributed by atoms with van der Waals surface area (Å²) in [6.07, 6.45) is 5.48. The lowest BCUT2D eigenvalue weighted by Crippen LogP contribution is -2.48. The second-order valence-corrected chi connectivity index (χ2v) is 5.42. The van der Waals surface area contributed by atoms with Gasteiger partial charge in [-0.2, -0.15) is 20.1 Å². The molecule has 2 aromatic heterocycles. The Kier molecular flexibility index (Phi) is 3.46. The van der Waals surface area contributed by atoms with Gasteiger partial charge in [-0.05, 0) is 25.8 Å². The van der Waals surface area contributed by atoms with E-state index in [2.05, 4.69) is 31.9 Å². The first-order valence-corrected chi connectivity index (χ1v) is 6.91. The van der Waals surface area contributed by atoms with Crippen LogP contribution in [0.3, 0.4) is 0 Å². The van der Waals surface area contributed by atoms with Crippen LogP contribution in [0.2, 0.25) is 0 Å². The molecule has 2 aromatic rings. The average Bonchev–Trinajstić information content (AvgIpc) is 3.01. The Morgan fingerprint density at radius 2 is 2.10 bits per heavy atom. The lowest BCUT2D eigenvalue weighted by molar-refractivity contribution is -0.00499. The molecular formula is C13H19N7O. The Morgan fingerprint density at radius 1 is 1.29 bits per heavy atom. The summed E-state index contributed by atoms with van der Waals surface area (Å²) in [6, 6.07) is 1.81. The van der Waals surface area contributed by atoms with E-state index in [-0.39, 0.29) is 11.5 Å². The topological polar surface area (TPSA) is 95.0 Å². The summed E-state index contributed by atoms with van der Waals surface area (Å²) in [4.78, 5) is 14.9. The Labute approximate surface area is 123 Å². The first-order valence-electron chi connectivity index (χ1n) is 6.91. The first-order chi connectivity index (χ1) is 10.1. The van der Waals surface area contributed by atoms with E-state index in [1.165, 1.54) is 0 Å². The van der Waals surface area contributed by atoms with Crippen LogP contribution < -0.4 is 10.6 Å². The van der Waals surface area contributed by atoms with Gasteiger partial charge in [0.15, 0.2) is 0 Å². The number of methoxy groups -OCH3 is 1. The zero-order valence-corrected chi connectivity index (χ0v) is 12.2. The summed E-state index contributed by atoms with van der Waals surface area (Å²) in [6.45, 7) is 3.70. The highest BCUT2D eigenvalue weighted by molar-refractivity contribution is 5.38. The Hall–Kier alpha value is -2.22. The molecule has 3 heterocycles. The number of ether oxygens (including phenoxy) is 1. The third kappa shape index (κ3) is 2.80. The van der Waals surface area contributed by atoms with Gasteiger partial charge >= 0.3 is 0 Å². The van der Waals surface area contributed by atoms with E-state index in [0.717, 1.165) is 25.9 Å². The summed E-state index contributed by atoms with van der Waals surface area (Å²) >= 11 is 0. The number of anilines is 2. The van der Waals surface area contributed by atoms with E-state index in [9.17, 15) is 0 Å². The summed E-state index contributed by atoms with van der Waals surface area (Å²) in [7, 11) is 1.74. The minimum Gasteiger partial charge on any atom is -0.377 e. The summed E-state index contributed by atoms with van der Waals surface area (Å²) < 4.78 is 7.17. The van der Waals surface area contributed by atoms with Crippen LogP contribution in [0, 0.1) is 0 Å². The van der Waals surface area contributed by atoms with Crippen LogP contribution in [0.25, 0.3) is 5.95 Å². The summed E-state index contributed by atoms with van der Waals surface area (Å²) in [5.74, 6) is 1.18. The molecule has 0 bridgehead atoms. The SMILES string of the molecule is COC1(C)CCCN(c2nc(N)nc(-n3cccn3)n2)C1. The van der Waals surface area contributed by atoms with Crippen molar-refractivity contribution in [2.75, 3.05) is 30.8 Å². The van der Waals surface area contributed by atoms with Gasteiger partial charge in [0, 0.05) is 32.6 Å². The molecule has 1 aliphatic heterocycles. The molecular weight excluding hydrogens is 270 g/mol. The number of nitrogens with zero attached hydrogens (tertiary/aromatic N) is 6. The fourth-order valence-corrected chi connectivity index (χ4v) is 2.54. The molecule has 112 valence electrons. The van der Waals surface area contributed by atoms with E-state index in [4.69, 9.17) is 10.5 Å². The highest BCUT2D eigenvalue weighted by Gasteiger charge is 2.32. The molecule has 1 unspecified atom stereocenters. The van der Waals surface area contributed by atoms with E-state index < -0.39 is 0 Å². The number of nitrogens with two attached hydrogens (primary N) is 1. The number of nitrogen functional groups attached to an aromatic ring is 1. The smallest absolute Gasteiger partial charge is 0.257 e. The standard InChI is InChI=1S/C13H19N7O/c1-13(21-2)5-3-7-19(9-13)11-16-10(14)17-12(18-11)20-8-4-6-15-20/h4,6,8H,3,5,7,9H2,1-2H3,(H2,14,16,17,18). The third-order valence-electron chi connectivity index (χ3n) is 3.77. The number of piperidine rings is 1. The monoisotopic (exact) mass is 289 g/mol. The van der Waals surface area contributed by atoms with Crippen molar-refractivity contribution in [3.05, 3.63) is 18.5 Å². The quantitative estimate of drug-likeness (QED) is 0.886. The number of aromatic nitrogens is 5. The van der Waals surface area contributed by atoms with Gasteiger partial charge in [0.25, 0.3) is 5.95 Å². The highest BCUT2D eigenvalue weighted by Crippen LogP contribution is 2.26. The normalized spacial score (nSPS) is 22.5. The van der Waals surface area contributed by atoms with Gasteiger partial charge in [0.1, 0.15) is 0 Å². The summed E-state index contributed by atoms with van der Waals surface area (Å²) in [5, 5.41) is 4.12. The highest BCUT2D eigenvalue weighted by atomic mass is 16.5. The first kappa shape index (κ1) is 13.7. The van der Waals surface area contributed by atoms with Crippen molar-refractivity contribution in [3.63, 3.8) is 0 Å². The van der Waals surface area contributed by atoms with Crippen LogP contribution in [-0.4, -0.2) is 50.5 Å². The maximum atomic E-state index is 5.81. The molecule has 8 nitrogen and oxygen atoms in total. The van der Waals surface area contributed by atoms with Crippen molar-refractivity contribution < 1.29 is 4.74 Å². The lowest BCUT2D eigenvalue weighted by Gasteiger charge is -2.39. The van der Waals surface area contributed by atoms with Crippen LogP contribution in [0.1, 0.15) is 19.8 Å². The van der Waals surface area contributed by atoms with Gasteiger partial charge in [-0.25, -0.2) is 4.68 Å². The van der Waals surface area contributed by atoms with Crippen molar-refractivity contribution in [1.82, 2.24) is 24.7 Å². The lowest BCUT2D eigenvalue weighted by atomic mass is 9.95. The van der Waals surface area contributed by atoms with Crippen molar-refractivity contribution in [1.29, 1.82) is 0 Å². The molecule has 0 aliphatic carbocycles. The van der Waals surface area contributed by atoms with E-state index in [0.29, 0.717) is 11.9 Å². The second kappa shape index (κ2) is 5.28. The van der Waals surface area contributed by atoms with E-state index >= 15 is 0 Å². The van der Waals surface area contributed by atoms with Gasteiger partial charge < -0.3 is 15.4 Å². The van der Waals surface area contributed by atoms with Gasteiger partial charge in [0.05, 0.1) is 5.60 Å². The second-order valence-electron chi connectivity index (χ2n) is 5.42. The van der Waals surface area contributed by atoms with E-state index in [1.807, 2.05) is 6.07 Å². The minimum atomic E-state index is -0.189. The molecule has 2 N–H and O–H groups in total. The van der Waals surface area contributed by atoms with Gasteiger partial charge in [-0.3, -0.25) is 0 Å². The molecule has 1 atom stereocenters. The zero-order chi connectivity index (χ0) is 14.9. The molecule has 3 rings (SSSR count). The zero-order valence-electron chi connectivity index (χ0n) is 12.2. The molecule has 0 aromatic carbocycles. The van der Waals surface area contributed by atoms with Crippen molar-refractivity contribution in [3.8, 4) is 5.95 Å². The Morgan fingerprint density at radius 3 is 2.81 bits per heavy atom. The molecule has 0 radical (unpaired) electrons. The maximum absolute atomic E-state index is 5.81. The van der Waals surface area contributed by atoms with Crippen LogP contribution in [0.15, 0.2) is 18.5 Å². The molecule has 0 spiro atoms. The van der Waals surface area contributed by atoms with Crippen molar-refractivity contribution >= 4 is 11.9 Å². The molecule has 0 saturated carbocycles. The number of hydrogen-bond acceptors (Lipinski definition) is 7. The fraction of sp³-hybridized carbons (Fsp3) is 0.538. The number of rotatable bonds is 3. The summed E-state index contributed by atoms with van der Waals surface area (Å²) in [5.41, 5.74) is 5.62. The minimum absolute atomic E-state index is 0.189. The predicted molar refractivity (Wildman–Crippen MR) is 78.2 cm³/mol. The molecule has 1 saturated heterocycles. The fourth-order valence-electron chi connectivity index (χ4n) is 2.54. The van der Waals surface area contributed by atoms with Crippen molar-refractivity contribution in [2.24, 2.45) is 0 Å². The van der Waals surface area contributed by atoms with E-state index in [1.54, 1.807) is 24.2 Å².